The van der Waals surface area contributed by atoms with E-state index < -0.39 is 0 Å². The molecule has 2 aromatic rings. The van der Waals surface area contributed by atoms with Crippen LogP contribution < -0.4 is 10.6 Å². The molecular weight excluding hydrogens is 487 g/mol. The Morgan fingerprint density at radius 1 is 1.10 bits per heavy atom. The monoisotopic (exact) mass is 522 g/mol. The number of benzene rings is 1. The number of guanidine groups is 1. The molecule has 4 rings (SSSR count). The van der Waals surface area contributed by atoms with Crippen LogP contribution in [0.2, 0.25) is 0 Å². The lowest BCUT2D eigenvalue weighted by molar-refractivity contribution is 0.429. The minimum atomic E-state index is 0. The quantitative estimate of drug-likeness (QED) is 0.339. The Balaban J connectivity index is 0.00000256. The average molecular weight is 522 g/mol. The molecular formula is C23H35IN6. The first-order valence-corrected chi connectivity index (χ1v) is 11.1. The van der Waals surface area contributed by atoms with E-state index in [2.05, 4.69) is 51.2 Å². The van der Waals surface area contributed by atoms with E-state index in [4.69, 9.17) is 4.99 Å². The van der Waals surface area contributed by atoms with E-state index in [-0.39, 0.29) is 29.4 Å². The summed E-state index contributed by atoms with van der Waals surface area (Å²) in [5.41, 5.74) is 1.66. The molecule has 6 nitrogen and oxygen atoms in total. The number of aliphatic imine (C=N–C) groups is 1. The van der Waals surface area contributed by atoms with Crippen molar-refractivity contribution < 1.29 is 0 Å². The Morgan fingerprint density at radius 3 is 2.43 bits per heavy atom. The van der Waals surface area contributed by atoms with Crippen molar-refractivity contribution in [3.63, 3.8) is 0 Å². The first-order chi connectivity index (χ1) is 14.2. The van der Waals surface area contributed by atoms with E-state index in [0.717, 1.165) is 24.2 Å². The predicted octanol–water partition coefficient (Wildman–Crippen LogP) is 4.23. The highest BCUT2D eigenvalue weighted by atomic mass is 127. The minimum Gasteiger partial charge on any atom is -0.355 e. The van der Waals surface area contributed by atoms with Crippen molar-refractivity contribution >= 4 is 29.9 Å². The van der Waals surface area contributed by atoms with Crippen LogP contribution in [0.1, 0.15) is 68.6 Å². The third-order valence-corrected chi connectivity index (χ3v) is 6.80. The molecule has 0 spiro atoms. The summed E-state index contributed by atoms with van der Waals surface area (Å²) >= 11 is 0. The minimum absolute atomic E-state index is 0. The Morgan fingerprint density at radius 2 is 1.80 bits per heavy atom. The second-order valence-corrected chi connectivity index (χ2v) is 8.72. The fourth-order valence-corrected chi connectivity index (χ4v) is 4.82. The van der Waals surface area contributed by atoms with Crippen LogP contribution in [0, 0.1) is 6.92 Å². The normalized spacial score (nSPS) is 18.9. The van der Waals surface area contributed by atoms with Crippen LogP contribution in [0.15, 0.2) is 35.3 Å². The van der Waals surface area contributed by atoms with Gasteiger partial charge in [-0.2, -0.15) is 0 Å². The molecule has 0 aliphatic heterocycles. The Kier molecular flexibility index (Phi) is 8.13. The molecule has 2 aliphatic rings. The van der Waals surface area contributed by atoms with Gasteiger partial charge in [0.25, 0.3) is 0 Å². The van der Waals surface area contributed by atoms with Crippen LogP contribution in [0.3, 0.4) is 0 Å². The van der Waals surface area contributed by atoms with E-state index in [1.54, 1.807) is 0 Å². The molecule has 0 radical (unpaired) electrons. The molecule has 1 heterocycles. The third kappa shape index (κ3) is 5.34. The van der Waals surface area contributed by atoms with Gasteiger partial charge in [-0.25, -0.2) is 4.99 Å². The molecule has 1 aromatic carbocycles. The van der Waals surface area contributed by atoms with Gasteiger partial charge in [0, 0.05) is 25.0 Å². The molecule has 1 aromatic heterocycles. The van der Waals surface area contributed by atoms with Gasteiger partial charge in [0.2, 0.25) is 0 Å². The number of hydrogen-bond donors (Lipinski definition) is 2. The SMILES string of the molecule is Cc1nnc(CN=C(NCC2(c3ccccc3)CCCC2)NC2CCCC2)n1C.I. The fraction of sp³-hybridized carbons (Fsp3) is 0.609. The molecule has 7 heteroatoms. The first-order valence-electron chi connectivity index (χ1n) is 11.1. The van der Waals surface area contributed by atoms with Gasteiger partial charge < -0.3 is 15.2 Å². The number of hydrogen-bond acceptors (Lipinski definition) is 3. The summed E-state index contributed by atoms with van der Waals surface area (Å²) in [6.45, 7) is 3.44. The van der Waals surface area contributed by atoms with Crippen molar-refractivity contribution in [3.05, 3.63) is 47.5 Å². The van der Waals surface area contributed by atoms with E-state index >= 15 is 0 Å². The molecule has 0 amide bonds. The Hall–Kier alpha value is -1.64. The van der Waals surface area contributed by atoms with Gasteiger partial charge in [0.1, 0.15) is 12.4 Å². The zero-order valence-electron chi connectivity index (χ0n) is 18.2. The lowest BCUT2D eigenvalue weighted by Gasteiger charge is -2.31. The summed E-state index contributed by atoms with van der Waals surface area (Å²) in [4.78, 5) is 4.89. The summed E-state index contributed by atoms with van der Waals surface area (Å²) in [5, 5.41) is 15.8. The highest BCUT2D eigenvalue weighted by Crippen LogP contribution is 2.40. The van der Waals surface area contributed by atoms with Gasteiger partial charge in [0.05, 0.1) is 0 Å². The highest BCUT2D eigenvalue weighted by molar-refractivity contribution is 14.0. The van der Waals surface area contributed by atoms with Gasteiger partial charge in [-0.1, -0.05) is 56.0 Å². The maximum absolute atomic E-state index is 4.89. The fourth-order valence-electron chi connectivity index (χ4n) is 4.82. The number of rotatable bonds is 6. The lowest BCUT2D eigenvalue weighted by Crippen LogP contribution is -2.47. The summed E-state index contributed by atoms with van der Waals surface area (Å²) in [7, 11) is 2.00. The predicted molar refractivity (Wildman–Crippen MR) is 132 cm³/mol. The van der Waals surface area contributed by atoms with Gasteiger partial charge >= 0.3 is 0 Å². The van der Waals surface area contributed by atoms with Crippen molar-refractivity contribution in [1.29, 1.82) is 0 Å². The maximum atomic E-state index is 4.89. The molecule has 2 fully saturated rings. The average Bonchev–Trinajstić information content (AvgIpc) is 3.49. The molecule has 30 heavy (non-hydrogen) atoms. The Bertz CT molecular complexity index is 819. The molecule has 2 N–H and O–H groups in total. The van der Waals surface area contributed by atoms with Gasteiger partial charge in [-0.15, -0.1) is 34.2 Å². The molecule has 2 aliphatic carbocycles. The molecule has 0 unspecified atom stereocenters. The first kappa shape index (κ1) is 23.0. The van der Waals surface area contributed by atoms with Crippen molar-refractivity contribution in [3.8, 4) is 0 Å². The summed E-state index contributed by atoms with van der Waals surface area (Å²) in [6, 6.07) is 11.5. The summed E-state index contributed by atoms with van der Waals surface area (Å²) < 4.78 is 2.01. The van der Waals surface area contributed by atoms with Gasteiger partial charge in [-0.3, -0.25) is 0 Å². The zero-order chi connectivity index (χ0) is 20.1. The highest BCUT2D eigenvalue weighted by Gasteiger charge is 2.35. The van der Waals surface area contributed by atoms with Gasteiger partial charge in [0.15, 0.2) is 11.8 Å². The molecule has 164 valence electrons. The van der Waals surface area contributed by atoms with Crippen molar-refractivity contribution in [2.75, 3.05) is 6.54 Å². The second-order valence-electron chi connectivity index (χ2n) is 8.72. The Labute approximate surface area is 197 Å². The standard InChI is InChI=1S/C23H34N6.HI/c1-18-27-28-21(29(18)2)16-24-22(26-20-12-6-7-13-20)25-17-23(14-8-9-15-23)19-10-4-3-5-11-19;/h3-5,10-11,20H,6-9,12-17H2,1-2H3,(H2,24,25,26);1H. The molecule has 2 saturated carbocycles. The van der Waals surface area contributed by atoms with Crippen LogP contribution in [-0.2, 0) is 19.0 Å². The van der Waals surface area contributed by atoms with Crippen LogP contribution in [0.25, 0.3) is 0 Å². The number of halogens is 1. The zero-order valence-corrected chi connectivity index (χ0v) is 20.6. The third-order valence-electron chi connectivity index (χ3n) is 6.80. The number of aryl methyl sites for hydroxylation is 1. The second kappa shape index (κ2) is 10.6. The van der Waals surface area contributed by atoms with Crippen molar-refractivity contribution in [1.82, 2.24) is 25.4 Å². The molecule has 0 atom stereocenters. The largest absolute Gasteiger partial charge is 0.355 e. The van der Waals surface area contributed by atoms with Crippen LogP contribution in [0.5, 0.6) is 0 Å². The van der Waals surface area contributed by atoms with E-state index in [1.165, 1.54) is 56.9 Å². The number of nitrogens with zero attached hydrogens (tertiary/aromatic N) is 4. The van der Waals surface area contributed by atoms with E-state index in [9.17, 15) is 0 Å². The molecule has 0 saturated heterocycles. The van der Waals surface area contributed by atoms with Crippen LogP contribution in [-0.4, -0.2) is 33.3 Å². The van der Waals surface area contributed by atoms with Crippen LogP contribution in [0.4, 0.5) is 0 Å². The number of nitrogens with one attached hydrogen (secondary N) is 2. The summed E-state index contributed by atoms with van der Waals surface area (Å²) in [5.74, 6) is 2.73. The van der Waals surface area contributed by atoms with E-state index in [1.807, 2.05) is 18.5 Å². The smallest absolute Gasteiger partial charge is 0.191 e. The molecule has 0 bridgehead atoms. The van der Waals surface area contributed by atoms with Crippen LogP contribution >= 0.6 is 24.0 Å². The topological polar surface area (TPSA) is 67.1 Å². The van der Waals surface area contributed by atoms with E-state index in [0.29, 0.717) is 12.6 Å². The van der Waals surface area contributed by atoms with Crippen molar-refractivity contribution in [2.24, 2.45) is 12.0 Å². The maximum Gasteiger partial charge on any atom is 0.191 e. The lowest BCUT2D eigenvalue weighted by atomic mass is 9.79. The summed E-state index contributed by atoms with van der Waals surface area (Å²) in [6.07, 6.45) is 10.2. The van der Waals surface area contributed by atoms with Crippen molar-refractivity contribution in [2.45, 2.75) is 76.3 Å². The van der Waals surface area contributed by atoms with Gasteiger partial charge in [-0.05, 0) is 38.2 Å². The number of aromatic nitrogens is 3.